The summed E-state index contributed by atoms with van der Waals surface area (Å²) in [7, 11) is -3.68. The van der Waals surface area contributed by atoms with Gasteiger partial charge in [0.1, 0.15) is 0 Å². The Bertz CT molecular complexity index is 977. The van der Waals surface area contributed by atoms with Crippen LogP contribution in [0.3, 0.4) is 0 Å². The van der Waals surface area contributed by atoms with E-state index >= 15 is 0 Å². The van der Waals surface area contributed by atoms with Crippen LogP contribution in [0.2, 0.25) is 0 Å². The van der Waals surface area contributed by atoms with Crippen molar-refractivity contribution in [3.8, 4) is 0 Å². The minimum Gasteiger partial charge on any atom is -0.349 e. The lowest BCUT2D eigenvalue weighted by Crippen LogP contribution is -2.45. The monoisotopic (exact) mass is 440 g/mol. The molecule has 0 spiro atoms. The molecular weight excluding hydrogens is 417 g/mol. The molecule has 1 amide bonds. The summed E-state index contributed by atoms with van der Waals surface area (Å²) in [5.74, 6) is -0.829. The molecule has 5 nitrogen and oxygen atoms in total. The van der Waals surface area contributed by atoms with Crippen molar-refractivity contribution in [3.05, 3.63) is 65.7 Å². The Morgan fingerprint density at radius 3 is 2.33 bits per heavy atom. The van der Waals surface area contributed by atoms with E-state index < -0.39 is 33.7 Å². The van der Waals surface area contributed by atoms with Crippen LogP contribution in [0, 0.1) is 5.92 Å². The van der Waals surface area contributed by atoms with Crippen LogP contribution >= 0.6 is 0 Å². The molecule has 1 saturated heterocycles. The Hall–Kier alpha value is -2.39. The summed E-state index contributed by atoms with van der Waals surface area (Å²) in [6, 6.07) is 12.2. The van der Waals surface area contributed by atoms with Gasteiger partial charge in [-0.15, -0.1) is 0 Å². The molecule has 1 aliphatic heterocycles. The SMILES string of the molecule is CC(NC(=O)C1CCCN(S(=O)(=O)c2ccccc2)C1)c1ccc(C(F)(F)F)cc1. The first-order valence-electron chi connectivity index (χ1n) is 9.62. The van der Waals surface area contributed by atoms with Crippen molar-refractivity contribution in [1.82, 2.24) is 9.62 Å². The Balaban J connectivity index is 1.65. The van der Waals surface area contributed by atoms with Crippen LogP contribution in [-0.4, -0.2) is 31.7 Å². The number of sulfonamides is 1. The maximum atomic E-state index is 12.8. The van der Waals surface area contributed by atoms with E-state index in [9.17, 15) is 26.4 Å². The minimum absolute atomic E-state index is 0.0722. The van der Waals surface area contributed by atoms with Crippen LogP contribution in [0.1, 0.15) is 36.9 Å². The van der Waals surface area contributed by atoms with Gasteiger partial charge in [-0.1, -0.05) is 30.3 Å². The smallest absolute Gasteiger partial charge is 0.349 e. The van der Waals surface area contributed by atoms with Gasteiger partial charge >= 0.3 is 6.18 Å². The van der Waals surface area contributed by atoms with Gasteiger partial charge < -0.3 is 5.32 Å². The average Bonchev–Trinajstić information content (AvgIpc) is 2.74. The highest BCUT2D eigenvalue weighted by atomic mass is 32.2. The summed E-state index contributed by atoms with van der Waals surface area (Å²) in [6.07, 6.45) is -3.31. The second kappa shape index (κ2) is 8.77. The van der Waals surface area contributed by atoms with E-state index in [1.54, 1.807) is 25.1 Å². The van der Waals surface area contributed by atoms with Gasteiger partial charge in [0.15, 0.2) is 0 Å². The third-order valence-electron chi connectivity index (χ3n) is 5.23. The molecule has 9 heteroatoms. The van der Waals surface area contributed by atoms with Crippen molar-refractivity contribution in [1.29, 1.82) is 0 Å². The molecular formula is C21H23F3N2O3S. The predicted molar refractivity (Wildman–Crippen MR) is 106 cm³/mol. The van der Waals surface area contributed by atoms with Crippen molar-refractivity contribution >= 4 is 15.9 Å². The quantitative estimate of drug-likeness (QED) is 0.765. The molecule has 0 bridgehead atoms. The molecule has 30 heavy (non-hydrogen) atoms. The van der Waals surface area contributed by atoms with E-state index in [1.807, 2.05) is 0 Å². The molecule has 162 valence electrons. The van der Waals surface area contributed by atoms with Crippen LogP contribution in [0.5, 0.6) is 0 Å². The maximum absolute atomic E-state index is 12.8. The van der Waals surface area contributed by atoms with E-state index in [-0.39, 0.29) is 17.3 Å². The van der Waals surface area contributed by atoms with E-state index in [0.717, 1.165) is 12.1 Å². The Morgan fingerprint density at radius 2 is 1.73 bits per heavy atom. The van der Waals surface area contributed by atoms with Crippen molar-refractivity contribution < 1.29 is 26.4 Å². The summed E-state index contributed by atoms with van der Waals surface area (Å²) in [4.78, 5) is 12.9. The van der Waals surface area contributed by atoms with Crippen LogP contribution in [0.25, 0.3) is 0 Å². The second-order valence-corrected chi connectivity index (χ2v) is 9.30. The van der Waals surface area contributed by atoms with E-state index in [1.165, 1.54) is 28.6 Å². The number of halogens is 3. The zero-order valence-corrected chi connectivity index (χ0v) is 17.2. The molecule has 1 heterocycles. The molecule has 2 aromatic carbocycles. The normalized spacial score (nSPS) is 19.3. The number of piperidine rings is 1. The summed E-state index contributed by atoms with van der Waals surface area (Å²) < 4.78 is 65.1. The molecule has 0 aliphatic carbocycles. The number of carbonyl (C=O) groups excluding carboxylic acids is 1. The fraction of sp³-hybridized carbons (Fsp3) is 0.381. The molecule has 0 saturated carbocycles. The molecule has 1 aliphatic rings. The van der Waals surface area contributed by atoms with Crippen LogP contribution in [0.15, 0.2) is 59.5 Å². The van der Waals surface area contributed by atoms with E-state index in [4.69, 9.17) is 0 Å². The summed E-state index contributed by atoms with van der Waals surface area (Å²) >= 11 is 0. The molecule has 0 aromatic heterocycles. The van der Waals surface area contributed by atoms with Gasteiger partial charge in [0, 0.05) is 13.1 Å². The zero-order chi connectivity index (χ0) is 21.9. The lowest BCUT2D eigenvalue weighted by atomic mass is 9.97. The number of hydrogen-bond acceptors (Lipinski definition) is 3. The number of carbonyl (C=O) groups is 1. The zero-order valence-electron chi connectivity index (χ0n) is 16.4. The fourth-order valence-electron chi connectivity index (χ4n) is 3.49. The van der Waals surface area contributed by atoms with Crippen molar-refractivity contribution in [2.24, 2.45) is 5.92 Å². The van der Waals surface area contributed by atoms with E-state index in [0.29, 0.717) is 24.9 Å². The average molecular weight is 440 g/mol. The Morgan fingerprint density at radius 1 is 1.10 bits per heavy atom. The van der Waals surface area contributed by atoms with Crippen molar-refractivity contribution in [3.63, 3.8) is 0 Å². The van der Waals surface area contributed by atoms with Gasteiger partial charge in [-0.05, 0) is 49.6 Å². The number of rotatable bonds is 5. The largest absolute Gasteiger partial charge is 0.416 e. The highest BCUT2D eigenvalue weighted by Gasteiger charge is 2.34. The third kappa shape index (κ3) is 5.02. The van der Waals surface area contributed by atoms with Gasteiger partial charge in [0.05, 0.1) is 22.4 Å². The van der Waals surface area contributed by atoms with Gasteiger partial charge in [-0.2, -0.15) is 17.5 Å². The number of nitrogens with zero attached hydrogens (tertiary/aromatic N) is 1. The molecule has 2 atom stereocenters. The van der Waals surface area contributed by atoms with E-state index in [2.05, 4.69) is 5.32 Å². The second-order valence-electron chi connectivity index (χ2n) is 7.37. The summed E-state index contributed by atoms with van der Waals surface area (Å²) in [5.41, 5.74) is -0.209. The number of alkyl halides is 3. The number of amides is 1. The van der Waals surface area contributed by atoms with Crippen LogP contribution < -0.4 is 5.32 Å². The summed E-state index contributed by atoms with van der Waals surface area (Å²) in [6.45, 7) is 2.10. The first-order chi connectivity index (χ1) is 14.1. The first-order valence-corrected chi connectivity index (χ1v) is 11.1. The Kier molecular flexibility index (Phi) is 6.52. The molecule has 1 N–H and O–H groups in total. The van der Waals surface area contributed by atoms with Crippen LogP contribution in [0.4, 0.5) is 13.2 Å². The molecule has 2 unspecified atom stereocenters. The van der Waals surface area contributed by atoms with Crippen molar-refractivity contribution in [2.75, 3.05) is 13.1 Å². The van der Waals surface area contributed by atoms with Gasteiger partial charge in [0.25, 0.3) is 0 Å². The number of benzene rings is 2. The number of hydrogen-bond donors (Lipinski definition) is 1. The van der Waals surface area contributed by atoms with Crippen LogP contribution in [-0.2, 0) is 21.0 Å². The maximum Gasteiger partial charge on any atom is 0.416 e. The fourth-order valence-corrected chi connectivity index (χ4v) is 5.04. The molecule has 0 radical (unpaired) electrons. The molecule has 1 fully saturated rings. The molecule has 2 aromatic rings. The van der Waals surface area contributed by atoms with Gasteiger partial charge in [-0.3, -0.25) is 4.79 Å². The highest BCUT2D eigenvalue weighted by Crippen LogP contribution is 2.30. The highest BCUT2D eigenvalue weighted by molar-refractivity contribution is 7.89. The number of nitrogens with one attached hydrogen (secondary N) is 1. The standard InChI is InChI=1S/C21H23F3N2O3S/c1-15(16-9-11-18(12-10-16)21(22,23)24)25-20(27)17-6-5-13-26(14-17)30(28,29)19-7-3-2-4-8-19/h2-4,7-12,15,17H,5-6,13-14H2,1H3,(H,25,27). The van der Waals surface area contributed by atoms with Gasteiger partial charge in [-0.25, -0.2) is 8.42 Å². The topological polar surface area (TPSA) is 66.5 Å². The molecule has 3 rings (SSSR count). The first kappa shape index (κ1) is 22.3. The lowest BCUT2D eigenvalue weighted by molar-refractivity contribution is -0.137. The predicted octanol–water partition coefficient (Wildman–Crippen LogP) is 3.98. The van der Waals surface area contributed by atoms with Crippen molar-refractivity contribution in [2.45, 2.75) is 36.9 Å². The summed E-state index contributed by atoms with van der Waals surface area (Å²) in [5, 5.41) is 2.79. The minimum atomic E-state index is -4.42. The third-order valence-corrected chi connectivity index (χ3v) is 7.11. The Labute approximate surface area is 173 Å². The van der Waals surface area contributed by atoms with Gasteiger partial charge in [0.2, 0.25) is 15.9 Å². The lowest BCUT2D eigenvalue weighted by Gasteiger charge is -2.32.